The van der Waals surface area contributed by atoms with Gasteiger partial charge < -0.3 is 59.8 Å². The lowest BCUT2D eigenvalue weighted by Crippen LogP contribution is -2.61. The van der Waals surface area contributed by atoms with E-state index in [1.165, 1.54) is 19.4 Å². The Morgan fingerprint density at radius 2 is 1.64 bits per heavy atom. The van der Waals surface area contributed by atoms with Gasteiger partial charge >= 0.3 is 0 Å². The van der Waals surface area contributed by atoms with Crippen molar-refractivity contribution in [2.45, 2.75) is 173 Å². The molecular weight excluding hydrogens is 716 g/mol. The Hall–Kier alpha value is -1.40. The summed E-state index contributed by atoms with van der Waals surface area (Å²) in [7, 11) is 0. The zero-order valence-corrected chi connectivity index (χ0v) is 33.3. The summed E-state index contributed by atoms with van der Waals surface area (Å²) >= 11 is 0. The lowest BCUT2D eigenvalue weighted by Gasteiger charge is -2.60. The molecule has 4 saturated carbocycles. The normalized spacial score (nSPS) is 50.2. The molecule has 0 amide bonds. The lowest BCUT2D eigenvalue weighted by molar-refractivity contribution is -0.329. The number of ketones is 2. The minimum absolute atomic E-state index is 0.0240. The van der Waals surface area contributed by atoms with Crippen LogP contribution in [0.1, 0.15) is 99.8 Å². The first-order chi connectivity index (χ1) is 25.5. The van der Waals surface area contributed by atoms with Crippen molar-refractivity contribution in [1.82, 2.24) is 0 Å². The van der Waals surface area contributed by atoms with Crippen LogP contribution >= 0.6 is 0 Å². The molecule has 14 nitrogen and oxygen atoms in total. The Balaban J connectivity index is 1.05. The van der Waals surface area contributed by atoms with E-state index in [4.69, 9.17) is 18.9 Å². The summed E-state index contributed by atoms with van der Waals surface area (Å²) in [5, 5.41) is 82.5. The van der Waals surface area contributed by atoms with E-state index in [0.29, 0.717) is 12.3 Å². The SMILES string of the molecule is C[C@H](CC(=O)C(O)C(C)(C)O[C@@H]1O[C@H](CO)[C@@H](O)[C@H](O)[C@H]1O)[C@H]1C(=O)C[C@@]2(C)C3=CCC4C(C)(C)[C@@H](O[C@@H]5OC[C@@H](O)[C@H](O)[C@H]5O)CC[C@@]45C[C@@]35CC[C@]12C. The molecule has 55 heavy (non-hydrogen) atoms. The van der Waals surface area contributed by atoms with Crippen molar-refractivity contribution in [2.75, 3.05) is 13.2 Å². The number of Topliss-reactive ketones (excluding diaryl/α,β-unsaturated/α-hetero) is 2. The zero-order chi connectivity index (χ0) is 40.4. The fourth-order valence-corrected chi connectivity index (χ4v) is 13.1. The van der Waals surface area contributed by atoms with Gasteiger partial charge in [0, 0.05) is 24.2 Å². The molecule has 7 aliphatic rings. The predicted octanol–water partition coefficient (Wildman–Crippen LogP) is 0.900. The maximum atomic E-state index is 14.2. The van der Waals surface area contributed by atoms with Crippen LogP contribution in [0.5, 0.6) is 0 Å². The highest BCUT2D eigenvalue weighted by molar-refractivity contribution is 5.89. The number of aliphatic hydroxyl groups is 8. The highest BCUT2D eigenvalue weighted by Gasteiger charge is 2.81. The van der Waals surface area contributed by atoms with Gasteiger partial charge in [0.15, 0.2) is 18.4 Å². The van der Waals surface area contributed by atoms with Crippen LogP contribution < -0.4 is 0 Å². The van der Waals surface area contributed by atoms with Gasteiger partial charge in [-0.1, -0.05) is 46.3 Å². The van der Waals surface area contributed by atoms with Crippen LogP contribution in [0, 0.1) is 44.8 Å². The molecule has 0 aromatic rings. The maximum Gasteiger partial charge on any atom is 0.187 e. The van der Waals surface area contributed by atoms with Crippen LogP contribution in [0.2, 0.25) is 0 Å². The van der Waals surface area contributed by atoms with Crippen LogP contribution in [-0.2, 0) is 28.5 Å². The number of aliphatic hydroxyl groups excluding tert-OH is 8. The summed E-state index contributed by atoms with van der Waals surface area (Å²) in [4.78, 5) is 27.9. The van der Waals surface area contributed by atoms with Gasteiger partial charge in [-0.05, 0) is 85.9 Å². The minimum Gasteiger partial charge on any atom is -0.394 e. The molecule has 312 valence electrons. The van der Waals surface area contributed by atoms with Crippen LogP contribution in [0.3, 0.4) is 0 Å². The second-order valence-electron chi connectivity index (χ2n) is 19.9. The van der Waals surface area contributed by atoms with E-state index in [1.54, 1.807) is 0 Å². The van der Waals surface area contributed by atoms with Crippen molar-refractivity contribution in [3.8, 4) is 0 Å². The molecular formula is C41H64O14. The molecule has 0 aromatic carbocycles. The number of rotatable bonds is 10. The average molecular weight is 781 g/mol. The first kappa shape index (κ1) is 41.7. The fraction of sp³-hybridized carbons (Fsp3) is 0.902. The van der Waals surface area contributed by atoms with Crippen molar-refractivity contribution >= 4 is 11.6 Å². The van der Waals surface area contributed by atoms with Crippen LogP contribution in [0.4, 0.5) is 0 Å². The summed E-state index contributed by atoms with van der Waals surface area (Å²) in [6.45, 7) is 13.0. The van der Waals surface area contributed by atoms with Crippen molar-refractivity contribution in [2.24, 2.45) is 44.8 Å². The number of carbonyl (C=O) groups excluding carboxylic acids is 2. The van der Waals surface area contributed by atoms with Crippen LogP contribution in [-0.4, -0.2) is 139 Å². The Kier molecular flexibility index (Phi) is 10.5. The van der Waals surface area contributed by atoms with Crippen molar-refractivity contribution in [1.29, 1.82) is 0 Å². The molecule has 2 spiro atoms. The van der Waals surface area contributed by atoms with Gasteiger partial charge in [0.1, 0.15) is 54.6 Å². The molecule has 0 aromatic heterocycles. The largest absolute Gasteiger partial charge is 0.394 e. The number of ether oxygens (including phenoxy) is 4. The van der Waals surface area contributed by atoms with Crippen molar-refractivity contribution in [3.63, 3.8) is 0 Å². The first-order valence-electron chi connectivity index (χ1n) is 20.3. The highest BCUT2D eigenvalue weighted by atomic mass is 16.7. The monoisotopic (exact) mass is 780 g/mol. The molecule has 6 fully saturated rings. The van der Waals surface area contributed by atoms with Gasteiger partial charge in [0.25, 0.3) is 0 Å². The number of hydrogen-bond acceptors (Lipinski definition) is 14. The molecule has 0 radical (unpaired) electrons. The van der Waals surface area contributed by atoms with E-state index in [1.807, 2.05) is 6.92 Å². The number of hydrogen-bond donors (Lipinski definition) is 8. The third kappa shape index (κ3) is 6.02. The third-order valence-corrected chi connectivity index (χ3v) is 16.3. The van der Waals surface area contributed by atoms with E-state index in [-0.39, 0.29) is 47.1 Å². The molecule has 0 bridgehead atoms. The second kappa shape index (κ2) is 13.8. The Labute approximate surface area is 323 Å². The Bertz CT molecular complexity index is 1550. The van der Waals surface area contributed by atoms with Gasteiger partial charge in [-0.3, -0.25) is 9.59 Å². The van der Waals surface area contributed by atoms with E-state index >= 15 is 0 Å². The third-order valence-electron chi connectivity index (χ3n) is 16.3. The fourth-order valence-electron chi connectivity index (χ4n) is 13.1. The van der Waals surface area contributed by atoms with Gasteiger partial charge in [-0.25, -0.2) is 0 Å². The number of carbonyl (C=O) groups is 2. The van der Waals surface area contributed by atoms with E-state index in [9.17, 15) is 50.4 Å². The second-order valence-corrected chi connectivity index (χ2v) is 19.9. The van der Waals surface area contributed by atoms with Crippen LogP contribution in [0.15, 0.2) is 11.6 Å². The molecule has 18 atom stereocenters. The minimum atomic E-state index is -1.69. The summed E-state index contributed by atoms with van der Waals surface area (Å²) in [6.07, 6.45) is -6.40. The molecule has 7 rings (SSSR count). The molecule has 2 unspecified atom stereocenters. The molecule has 2 heterocycles. The molecule has 2 saturated heterocycles. The van der Waals surface area contributed by atoms with Crippen LogP contribution in [0.25, 0.3) is 0 Å². The van der Waals surface area contributed by atoms with Gasteiger partial charge in [-0.2, -0.15) is 0 Å². The van der Waals surface area contributed by atoms with E-state index in [2.05, 4.69) is 33.8 Å². The van der Waals surface area contributed by atoms with E-state index < -0.39 is 96.2 Å². The summed E-state index contributed by atoms with van der Waals surface area (Å²) < 4.78 is 23.3. The Morgan fingerprint density at radius 3 is 2.31 bits per heavy atom. The first-order valence-corrected chi connectivity index (χ1v) is 20.3. The summed E-state index contributed by atoms with van der Waals surface area (Å²) in [6, 6.07) is 0. The average Bonchev–Trinajstić information content (AvgIpc) is 3.73. The zero-order valence-electron chi connectivity index (χ0n) is 33.3. The standard InChI is InChI=1S/C41H64O14/c1-19(14-20(43)33(51)37(4,5)55-35-32(50)30(48)29(47)23(16-42)53-35)27-21(44)15-39(7)25-9-8-24-36(2,3)26(54-34-31(49)28(46)22(45)17-52-34)10-11-40(24)18-41(25,40)13-12-38(27,39)6/h9,19,22-24,26-35,42,45-51H,8,10-18H2,1-7H3/t19-,22-,23-,24?,26+,27+,28+,29-,30+,31-,32-,33?,34+,35+,38-,39+,40-,41+/m1/s1. The number of fused-ring (bicyclic) bond motifs is 2. The van der Waals surface area contributed by atoms with Crippen molar-refractivity contribution < 1.29 is 69.4 Å². The molecule has 5 aliphatic carbocycles. The maximum absolute atomic E-state index is 14.2. The highest BCUT2D eigenvalue weighted by Crippen LogP contribution is 2.87. The molecule has 14 heteroatoms. The molecule has 8 N–H and O–H groups in total. The smallest absolute Gasteiger partial charge is 0.187 e. The number of allylic oxidation sites excluding steroid dienone is 2. The quantitative estimate of drug-likeness (QED) is 0.144. The van der Waals surface area contributed by atoms with Gasteiger partial charge in [-0.15, -0.1) is 0 Å². The van der Waals surface area contributed by atoms with Crippen molar-refractivity contribution in [3.05, 3.63) is 11.6 Å². The lowest BCUT2D eigenvalue weighted by atomic mass is 9.45. The Morgan fingerprint density at radius 1 is 0.964 bits per heavy atom. The van der Waals surface area contributed by atoms with Gasteiger partial charge in [0.2, 0.25) is 0 Å². The van der Waals surface area contributed by atoms with E-state index in [0.717, 1.165) is 38.5 Å². The topological polar surface area (TPSA) is 233 Å². The summed E-state index contributed by atoms with van der Waals surface area (Å²) in [5.41, 5.74) is -1.27. The summed E-state index contributed by atoms with van der Waals surface area (Å²) in [5.74, 6) is -0.899. The molecule has 2 aliphatic heterocycles. The predicted molar refractivity (Wildman–Crippen MR) is 194 cm³/mol. The van der Waals surface area contributed by atoms with Gasteiger partial charge in [0.05, 0.1) is 24.9 Å².